The third-order valence-electron chi connectivity index (χ3n) is 1.91. The highest BCUT2D eigenvalue weighted by molar-refractivity contribution is 9.10. The number of aliphatic hydroxyl groups is 1. The second kappa shape index (κ2) is 4.06. The van der Waals surface area contributed by atoms with E-state index in [0.29, 0.717) is 0 Å². The third kappa shape index (κ3) is 2.32. The van der Waals surface area contributed by atoms with Crippen LogP contribution in [0.4, 0.5) is 0 Å². The minimum absolute atomic E-state index is 0.204. The van der Waals surface area contributed by atoms with Crippen molar-refractivity contribution in [1.82, 2.24) is 0 Å². The molecule has 1 nitrogen and oxygen atoms in total. The van der Waals surface area contributed by atoms with Crippen LogP contribution in [-0.4, -0.2) is 11.7 Å². The van der Waals surface area contributed by atoms with E-state index < -0.39 is 0 Å². The second-order valence-corrected chi connectivity index (χ2v) is 4.06. The number of hydrogen-bond acceptors (Lipinski definition) is 1. The van der Waals surface area contributed by atoms with Gasteiger partial charge in [-0.05, 0) is 30.2 Å². The van der Waals surface area contributed by atoms with Gasteiger partial charge in [0.05, 0.1) is 0 Å². The molecular formula is C10H13BrO. The number of aryl methyl sites for hydroxylation is 1. The lowest BCUT2D eigenvalue weighted by Gasteiger charge is -2.09. The predicted molar refractivity (Wildman–Crippen MR) is 54.4 cm³/mol. The lowest BCUT2D eigenvalue weighted by atomic mass is 10.0. The van der Waals surface area contributed by atoms with Gasteiger partial charge in [-0.2, -0.15) is 0 Å². The molecule has 0 heterocycles. The molecule has 12 heavy (non-hydrogen) atoms. The fourth-order valence-corrected chi connectivity index (χ4v) is 1.78. The molecular weight excluding hydrogens is 216 g/mol. The smallest absolute Gasteiger partial charge is 0.0497 e. The highest BCUT2D eigenvalue weighted by Crippen LogP contribution is 2.21. The number of halogens is 1. The molecule has 0 saturated heterocycles. The van der Waals surface area contributed by atoms with Crippen LogP contribution in [0.5, 0.6) is 0 Å². The van der Waals surface area contributed by atoms with E-state index in [0.717, 1.165) is 4.47 Å². The maximum atomic E-state index is 8.95. The number of rotatable bonds is 2. The molecule has 1 aromatic rings. The van der Waals surface area contributed by atoms with Crippen LogP contribution in [0.15, 0.2) is 22.7 Å². The van der Waals surface area contributed by atoms with Crippen molar-refractivity contribution < 1.29 is 5.11 Å². The Morgan fingerprint density at radius 2 is 2.08 bits per heavy atom. The predicted octanol–water partition coefficient (Wildman–Crippen LogP) is 2.85. The molecule has 1 rings (SSSR count). The van der Waals surface area contributed by atoms with Gasteiger partial charge in [-0.3, -0.25) is 0 Å². The van der Waals surface area contributed by atoms with Crippen LogP contribution in [0.3, 0.4) is 0 Å². The van der Waals surface area contributed by atoms with E-state index >= 15 is 0 Å². The van der Waals surface area contributed by atoms with E-state index in [4.69, 9.17) is 5.11 Å². The summed E-state index contributed by atoms with van der Waals surface area (Å²) in [7, 11) is 0. The van der Waals surface area contributed by atoms with Crippen molar-refractivity contribution in [3.05, 3.63) is 33.8 Å². The summed E-state index contributed by atoms with van der Waals surface area (Å²) in [6.07, 6.45) is 0. The van der Waals surface area contributed by atoms with E-state index in [1.165, 1.54) is 11.1 Å². The SMILES string of the molecule is Cc1cc(Br)cc(C(C)CO)c1. The van der Waals surface area contributed by atoms with E-state index in [9.17, 15) is 0 Å². The Balaban J connectivity index is 3.00. The van der Waals surface area contributed by atoms with Gasteiger partial charge in [-0.25, -0.2) is 0 Å². The molecule has 1 aromatic carbocycles. The Labute approximate surface area is 81.6 Å². The molecule has 0 spiro atoms. The van der Waals surface area contributed by atoms with Crippen LogP contribution in [0.1, 0.15) is 24.0 Å². The topological polar surface area (TPSA) is 20.2 Å². The van der Waals surface area contributed by atoms with Gasteiger partial charge in [0.1, 0.15) is 0 Å². The first-order valence-corrected chi connectivity index (χ1v) is 4.80. The van der Waals surface area contributed by atoms with E-state index in [2.05, 4.69) is 35.0 Å². The molecule has 0 aliphatic rings. The summed E-state index contributed by atoms with van der Waals surface area (Å²) in [5.74, 6) is 0.223. The van der Waals surface area contributed by atoms with Crippen LogP contribution in [0.2, 0.25) is 0 Å². The number of hydrogen-bond donors (Lipinski definition) is 1. The summed E-state index contributed by atoms with van der Waals surface area (Å²) in [6.45, 7) is 4.27. The van der Waals surface area contributed by atoms with E-state index in [-0.39, 0.29) is 12.5 Å². The van der Waals surface area contributed by atoms with Crippen LogP contribution in [-0.2, 0) is 0 Å². The minimum Gasteiger partial charge on any atom is -0.396 e. The van der Waals surface area contributed by atoms with Crippen molar-refractivity contribution in [1.29, 1.82) is 0 Å². The molecule has 0 radical (unpaired) electrons. The van der Waals surface area contributed by atoms with Crippen LogP contribution in [0, 0.1) is 6.92 Å². The zero-order valence-electron chi connectivity index (χ0n) is 7.34. The zero-order valence-corrected chi connectivity index (χ0v) is 8.93. The summed E-state index contributed by atoms with van der Waals surface area (Å²) >= 11 is 3.43. The summed E-state index contributed by atoms with van der Waals surface area (Å²) < 4.78 is 1.08. The maximum Gasteiger partial charge on any atom is 0.0497 e. The molecule has 2 heteroatoms. The first-order valence-electron chi connectivity index (χ1n) is 4.01. The quantitative estimate of drug-likeness (QED) is 0.826. The Morgan fingerprint density at radius 3 is 2.58 bits per heavy atom. The molecule has 0 amide bonds. The van der Waals surface area contributed by atoms with Gasteiger partial charge < -0.3 is 5.11 Å². The summed E-state index contributed by atoms with van der Waals surface area (Å²) in [5, 5.41) is 8.95. The average molecular weight is 229 g/mol. The number of aliphatic hydroxyl groups excluding tert-OH is 1. The zero-order chi connectivity index (χ0) is 9.14. The molecule has 0 aliphatic heterocycles. The Kier molecular flexibility index (Phi) is 3.29. The van der Waals surface area contributed by atoms with Gasteiger partial charge in [-0.1, -0.05) is 28.9 Å². The summed E-state index contributed by atoms with van der Waals surface area (Å²) in [6, 6.07) is 6.22. The largest absolute Gasteiger partial charge is 0.396 e. The molecule has 1 atom stereocenters. The van der Waals surface area contributed by atoms with E-state index in [1.807, 2.05) is 13.0 Å². The third-order valence-corrected chi connectivity index (χ3v) is 2.37. The van der Waals surface area contributed by atoms with Gasteiger partial charge >= 0.3 is 0 Å². The maximum absolute atomic E-state index is 8.95. The molecule has 0 bridgehead atoms. The standard InChI is InChI=1S/C10H13BrO/c1-7-3-9(8(2)6-12)5-10(11)4-7/h3-5,8,12H,6H2,1-2H3. The highest BCUT2D eigenvalue weighted by Gasteiger charge is 2.04. The monoisotopic (exact) mass is 228 g/mol. The Bertz CT molecular complexity index is 250. The molecule has 1 unspecified atom stereocenters. The van der Waals surface area contributed by atoms with Crippen LogP contribution < -0.4 is 0 Å². The molecule has 1 N–H and O–H groups in total. The molecule has 0 aromatic heterocycles. The Hall–Kier alpha value is -0.340. The van der Waals surface area contributed by atoms with Gasteiger partial charge in [0.25, 0.3) is 0 Å². The number of benzene rings is 1. The fraction of sp³-hybridized carbons (Fsp3) is 0.400. The Morgan fingerprint density at radius 1 is 1.42 bits per heavy atom. The van der Waals surface area contributed by atoms with Gasteiger partial charge in [0.15, 0.2) is 0 Å². The van der Waals surface area contributed by atoms with Crippen LogP contribution in [0.25, 0.3) is 0 Å². The van der Waals surface area contributed by atoms with Crippen molar-refractivity contribution >= 4 is 15.9 Å². The normalized spacial score (nSPS) is 13.0. The first kappa shape index (κ1) is 9.75. The van der Waals surface area contributed by atoms with Gasteiger partial charge in [0, 0.05) is 17.0 Å². The van der Waals surface area contributed by atoms with Crippen molar-refractivity contribution in [2.75, 3.05) is 6.61 Å². The lowest BCUT2D eigenvalue weighted by molar-refractivity contribution is 0.273. The average Bonchev–Trinajstić information content (AvgIpc) is 2.01. The van der Waals surface area contributed by atoms with Crippen molar-refractivity contribution in [2.45, 2.75) is 19.8 Å². The van der Waals surface area contributed by atoms with Crippen molar-refractivity contribution in [2.24, 2.45) is 0 Å². The summed E-state index contributed by atoms with van der Waals surface area (Å²) in [4.78, 5) is 0. The highest BCUT2D eigenvalue weighted by atomic mass is 79.9. The van der Waals surface area contributed by atoms with Crippen LogP contribution >= 0.6 is 15.9 Å². The van der Waals surface area contributed by atoms with Gasteiger partial charge in [-0.15, -0.1) is 0 Å². The lowest BCUT2D eigenvalue weighted by Crippen LogP contribution is -1.98. The summed E-state index contributed by atoms with van der Waals surface area (Å²) in [5.41, 5.74) is 2.41. The molecule has 0 saturated carbocycles. The first-order chi connectivity index (χ1) is 5.63. The minimum atomic E-state index is 0.204. The second-order valence-electron chi connectivity index (χ2n) is 3.15. The fourth-order valence-electron chi connectivity index (χ4n) is 1.15. The molecule has 66 valence electrons. The van der Waals surface area contributed by atoms with Crippen molar-refractivity contribution in [3.8, 4) is 0 Å². The molecule has 0 aliphatic carbocycles. The van der Waals surface area contributed by atoms with Crippen molar-refractivity contribution in [3.63, 3.8) is 0 Å². The molecule has 0 fully saturated rings. The van der Waals surface area contributed by atoms with E-state index in [1.54, 1.807) is 0 Å². The van der Waals surface area contributed by atoms with Gasteiger partial charge in [0.2, 0.25) is 0 Å².